The topological polar surface area (TPSA) is 59.2 Å². The minimum Gasteiger partial charge on any atom is -0.339 e. The van der Waals surface area contributed by atoms with Gasteiger partial charge in [-0.25, -0.2) is 4.39 Å². The summed E-state index contributed by atoms with van der Waals surface area (Å²) in [5.41, 5.74) is 0.334. The first-order valence-corrected chi connectivity index (χ1v) is 8.16. The number of halogens is 1. The van der Waals surface area contributed by atoms with Gasteiger partial charge in [-0.15, -0.1) is 0 Å². The SMILES string of the molecule is C/C=C\C(=O)N1CCCC(Cc2nc(-c3ccccc3F)no2)C1. The zero-order valence-corrected chi connectivity index (χ0v) is 13.6. The Hall–Kier alpha value is -2.50. The molecule has 24 heavy (non-hydrogen) atoms. The Bertz CT molecular complexity index is 741. The molecular weight excluding hydrogens is 309 g/mol. The fourth-order valence-electron chi connectivity index (χ4n) is 3.02. The first kappa shape index (κ1) is 16.4. The maximum Gasteiger partial charge on any atom is 0.246 e. The lowest BCUT2D eigenvalue weighted by Crippen LogP contribution is -2.39. The molecule has 1 aliphatic heterocycles. The van der Waals surface area contributed by atoms with Crippen LogP contribution in [0.15, 0.2) is 40.9 Å². The van der Waals surface area contributed by atoms with Gasteiger partial charge in [0.25, 0.3) is 0 Å². The summed E-state index contributed by atoms with van der Waals surface area (Å²) in [6, 6.07) is 6.36. The molecule has 1 unspecified atom stereocenters. The quantitative estimate of drug-likeness (QED) is 0.808. The molecule has 0 radical (unpaired) electrons. The second kappa shape index (κ2) is 7.38. The number of hydrogen-bond donors (Lipinski definition) is 0. The second-order valence-electron chi connectivity index (χ2n) is 5.99. The number of benzene rings is 1. The van der Waals surface area contributed by atoms with E-state index in [1.54, 1.807) is 30.4 Å². The number of amides is 1. The third-order valence-corrected chi connectivity index (χ3v) is 4.19. The van der Waals surface area contributed by atoms with E-state index in [2.05, 4.69) is 10.1 Å². The van der Waals surface area contributed by atoms with Crippen LogP contribution in [0.1, 0.15) is 25.7 Å². The third-order valence-electron chi connectivity index (χ3n) is 4.19. The lowest BCUT2D eigenvalue weighted by Gasteiger charge is -2.31. The zero-order chi connectivity index (χ0) is 16.9. The van der Waals surface area contributed by atoms with Crippen molar-refractivity contribution in [3.63, 3.8) is 0 Å². The summed E-state index contributed by atoms with van der Waals surface area (Å²) in [5, 5.41) is 3.88. The van der Waals surface area contributed by atoms with Gasteiger partial charge in [0.15, 0.2) is 0 Å². The molecule has 0 bridgehead atoms. The first-order chi connectivity index (χ1) is 11.7. The van der Waals surface area contributed by atoms with Gasteiger partial charge in [-0.05, 0) is 43.9 Å². The molecule has 1 aliphatic rings. The first-order valence-electron chi connectivity index (χ1n) is 8.16. The number of aromatic nitrogens is 2. The van der Waals surface area contributed by atoms with Crippen LogP contribution in [0.3, 0.4) is 0 Å². The summed E-state index contributed by atoms with van der Waals surface area (Å²) in [4.78, 5) is 18.1. The van der Waals surface area contributed by atoms with Crippen molar-refractivity contribution in [3.8, 4) is 11.4 Å². The number of nitrogens with zero attached hydrogens (tertiary/aromatic N) is 3. The summed E-state index contributed by atoms with van der Waals surface area (Å²) >= 11 is 0. The van der Waals surface area contributed by atoms with Crippen LogP contribution >= 0.6 is 0 Å². The van der Waals surface area contributed by atoms with Gasteiger partial charge in [0, 0.05) is 19.5 Å². The van der Waals surface area contributed by atoms with E-state index in [0.717, 1.165) is 19.4 Å². The Morgan fingerprint density at radius 2 is 2.29 bits per heavy atom. The average molecular weight is 329 g/mol. The van der Waals surface area contributed by atoms with E-state index in [4.69, 9.17) is 4.52 Å². The molecular formula is C18H20FN3O2. The van der Waals surface area contributed by atoms with Gasteiger partial charge >= 0.3 is 0 Å². The summed E-state index contributed by atoms with van der Waals surface area (Å²) in [6.45, 7) is 3.30. The number of allylic oxidation sites excluding steroid dienone is 1. The maximum atomic E-state index is 13.8. The number of likely N-dealkylation sites (tertiary alicyclic amines) is 1. The maximum absolute atomic E-state index is 13.8. The number of hydrogen-bond acceptors (Lipinski definition) is 4. The van der Waals surface area contributed by atoms with Gasteiger partial charge in [-0.3, -0.25) is 4.79 Å². The molecule has 2 heterocycles. The largest absolute Gasteiger partial charge is 0.339 e. The number of carbonyl (C=O) groups excluding carboxylic acids is 1. The lowest BCUT2D eigenvalue weighted by molar-refractivity contribution is -0.127. The van der Waals surface area contributed by atoms with E-state index >= 15 is 0 Å². The highest BCUT2D eigenvalue weighted by molar-refractivity contribution is 5.87. The van der Waals surface area contributed by atoms with Crippen molar-refractivity contribution in [1.82, 2.24) is 15.0 Å². The molecule has 126 valence electrons. The molecule has 6 heteroatoms. The highest BCUT2D eigenvalue weighted by Crippen LogP contribution is 2.23. The van der Waals surface area contributed by atoms with E-state index in [1.807, 2.05) is 11.8 Å². The van der Waals surface area contributed by atoms with Crippen LogP contribution in [0.2, 0.25) is 0 Å². The van der Waals surface area contributed by atoms with Crippen molar-refractivity contribution in [2.24, 2.45) is 5.92 Å². The molecule has 5 nitrogen and oxygen atoms in total. The molecule has 0 N–H and O–H groups in total. The Labute approximate surface area is 140 Å². The fourth-order valence-corrected chi connectivity index (χ4v) is 3.02. The molecule has 1 saturated heterocycles. The van der Waals surface area contributed by atoms with E-state index in [-0.39, 0.29) is 23.5 Å². The normalized spacial score (nSPS) is 18.2. The monoisotopic (exact) mass is 329 g/mol. The van der Waals surface area contributed by atoms with Crippen molar-refractivity contribution in [1.29, 1.82) is 0 Å². The fraction of sp³-hybridized carbons (Fsp3) is 0.389. The van der Waals surface area contributed by atoms with Crippen LogP contribution < -0.4 is 0 Å². The van der Waals surface area contributed by atoms with Crippen molar-refractivity contribution in [2.75, 3.05) is 13.1 Å². The van der Waals surface area contributed by atoms with Crippen LogP contribution in [0.5, 0.6) is 0 Å². The van der Waals surface area contributed by atoms with Gasteiger partial charge in [0.1, 0.15) is 5.82 Å². The molecule has 1 atom stereocenters. The Morgan fingerprint density at radius 1 is 1.46 bits per heavy atom. The van der Waals surface area contributed by atoms with E-state index in [9.17, 15) is 9.18 Å². The van der Waals surface area contributed by atoms with Crippen LogP contribution in [-0.2, 0) is 11.2 Å². The van der Waals surface area contributed by atoms with Gasteiger partial charge in [-0.1, -0.05) is 23.4 Å². The molecule has 1 fully saturated rings. The molecule has 0 aliphatic carbocycles. The van der Waals surface area contributed by atoms with Crippen molar-refractivity contribution in [2.45, 2.75) is 26.2 Å². The predicted octanol–water partition coefficient (Wildman–Crippen LogP) is 3.23. The number of piperidine rings is 1. The van der Waals surface area contributed by atoms with E-state index < -0.39 is 0 Å². The van der Waals surface area contributed by atoms with Crippen molar-refractivity contribution < 1.29 is 13.7 Å². The third kappa shape index (κ3) is 3.69. The van der Waals surface area contributed by atoms with Crippen LogP contribution in [0.25, 0.3) is 11.4 Å². The Morgan fingerprint density at radius 3 is 3.08 bits per heavy atom. The second-order valence-corrected chi connectivity index (χ2v) is 5.99. The molecule has 2 aromatic rings. The summed E-state index contributed by atoms with van der Waals surface area (Å²) < 4.78 is 19.1. The van der Waals surface area contributed by atoms with Crippen molar-refractivity contribution in [3.05, 3.63) is 48.1 Å². The van der Waals surface area contributed by atoms with Gasteiger partial charge < -0.3 is 9.42 Å². The van der Waals surface area contributed by atoms with Gasteiger partial charge in [0.2, 0.25) is 17.6 Å². The number of carbonyl (C=O) groups is 1. The van der Waals surface area contributed by atoms with Crippen LogP contribution in [0, 0.1) is 11.7 Å². The van der Waals surface area contributed by atoms with Gasteiger partial charge in [0.05, 0.1) is 5.56 Å². The summed E-state index contributed by atoms with van der Waals surface area (Å²) in [7, 11) is 0. The molecule has 3 rings (SSSR count). The molecule has 1 aromatic carbocycles. The molecule has 1 aromatic heterocycles. The minimum absolute atomic E-state index is 0.0415. The minimum atomic E-state index is -0.370. The predicted molar refractivity (Wildman–Crippen MR) is 87.5 cm³/mol. The van der Waals surface area contributed by atoms with Crippen molar-refractivity contribution >= 4 is 5.91 Å². The van der Waals surface area contributed by atoms with E-state index in [1.165, 1.54) is 6.07 Å². The van der Waals surface area contributed by atoms with Crippen LogP contribution in [0.4, 0.5) is 4.39 Å². The van der Waals surface area contributed by atoms with Gasteiger partial charge in [-0.2, -0.15) is 4.98 Å². The Kier molecular flexibility index (Phi) is 5.03. The average Bonchev–Trinajstić information content (AvgIpc) is 3.04. The molecule has 0 spiro atoms. The lowest BCUT2D eigenvalue weighted by atomic mass is 9.94. The standard InChI is InChI=1S/C18H20FN3O2/c1-2-6-17(23)22-10-5-7-13(12-22)11-16-20-18(21-24-16)14-8-3-4-9-15(14)19/h2-4,6,8-9,13H,5,7,10-12H2,1H3/b6-2-. The molecule has 0 saturated carbocycles. The highest BCUT2D eigenvalue weighted by atomic mass is 19.1. The smallest absolute Gasteiger partial charge is 0.246 e. The Balaban J connectivity index is 1.66. The van der Waals surface area contributed by atoms with E-state index in [0.29, 0.717) is 24.4 Å². The highest BCUT2D eigenvalue weighted by Gasteiger charge is 2.24. The summed E-state index contributed by atoms with van der Waals surface area (Å²) in [6.07, 6.45) is 5.91. The molecule has 1 amide bonds. The van der Waals surface area contributed by atoms with Crippen LogP contribution in [-0.4, -0.2) is 34.0 Å². The number of rotatable bonds is 4. The summed E-state index contributed by atoms with van der Waals surface area (Å²) in [5.74, 6) is 0.701. The zero-order valence-electron chi connectivity index (χ0n) is 13.6.